The van der Waals surface area contributed by atoms with Gasteiger partial charge in [0.1, 0.15) is 6.10 Å². The quantitative estimate of drug-likeness (QED) is 0.249. The zero-order valence-electron chi connectivity index (χ0n) is 18.8. The minimum atomic E-state index is -1.04. The molecule has 0 fully saturated rings. The van der Waals surface area contributed by atoms with Crippen LogP contribution < -0.4 is 0 Å². The molecule has 1 unspecified atom stereocenters. The lowest BCUT2D eigenvalue weighted by Gasteiger charge is -2.18. The number of esters is 1. The number of carboxylic acid groups (broad SMARTS) is 1. The number of carboxylic acids is 1. The van der Waals surface area contributed by atoms with Gasteiger partial charge in [-0.1, -0.05) is 72.3 Å². The smallest absolute Gasteiger partial charge is 0.338 e. The van der Waals surface area contributed by atoms with Gasteiger partial charge in [-0.15, -0.1) is 0 Å². The van der Waals surface area contributed by atoms with Crippen molar-refractivity contribution in [3.05, 3.63) is 35.4 Å². The number of ether oxygens (including phenoxy) is 1. The largest absolute Gasteiger partial charge is 0.478 e. The minimum Gasteiger partial charge on any atom is -0.478 e. The van der Waals surface area contributed by atoms with E-state index < -0.39 is 11.9 Å². The van der Waals surface area contributed by atoms with Crippen LogP contribution in [0.3, 0.4) is 0 Å². The molecule has 4 heteroatoms. The molecule has 1 N–H and O–H groups in total. The van der Waals surface area contributed by atoms with Crippen molar-refractivity contribution in [1.82, 2.24) is 0 Å². The summed E-state index contributed by atoms with van der Waals surface area (Å²) in [6, 6.07) is 6.09. The van der Waals surface area contributed by atoms with Gasteiger partial charge < -0.3 is 9.84 Å². The topological polar surface area (TPSA) is 63.6 Å². The molecule has 1 aromatic rings. The van der Waals surface area contributed by atoms with E-state index in [9.17, 15) is 9.59 Å². The Balaban J connectivity index is 2.56. The maximum atomic E-state index is 12.6. The lowest BCUT2D eigenvalue weighted by molar-refractivity contribution is 0.0248. The third-order valence-corrected chi connectivity index (χ3v) is 5.23. The molecule has 4 nitrogen and oxygen atoms in total. The lowest BCUT2D eigenvalue weighted by atomic mass is 9.99. The van der Waals surface area contributed by atoms with Gasteiger partial charge in [0.05, 0.1) is 11.1 Å². The molecular weight excluding hydrogens is 364 g/mol. The summed E-state index contributed by atoms with van der Waals surface area (Å²) in [5, 5.41) is 9.13. The van der Waals surface area contributed by atoms with Crippen molar-refractivity contribution in [1.29, 1.82) is 0 Å². The summed E-state index contributed by atoms with van der Waals surface area (Å²) in [5.74, 6) is -0.00464. The molecule has 0 aromatic heterocycles. The first-order chi connectivity index (χ1) is 13.8. The van der Waals surface area contributed by atoms with E-state index in [1.54, 1.807) is 12.1 Å². The number of carbonyl (C=O) groups is 2. The van der Waals surface area contributed by atoms with Crippen LogP contribution in [0.2, 0.25) is 0 Å². The van der Waals surface area contributed by atoms with Crippen molar-refractivity contribution in [3.63, 3.8) is 0 Å². The van der Waals surface area contributed by atoms with Gasteiger partial charge in [-0.2, -0.15) is 0 Å². The third kappa shape index (κ3) is 11.7. The average Bonchev–Trinajstić information content (AvgIpc) is 2.67. The SMILES string of the molecule is CC(C)CCCCCCC(CCCCC(C)C)OC(=O)c1cccc(C(=O)O)c1. The van der Waals surface area contributed by atoms with Gasteiger partial charge in [0.25, 0.3) is 0 Å². The van der Waals surface area contributed by atoms with E-state index in [-0.39, 0.29) is 11.7 Å². The highest BCUT2D eigenvalue weighted by Crippen LogP contribution is 2.19. The maximum Gasteiger partial charge on any atom is 0.338 e. The van der Waals surface area contributed by atoms with E-state index >= 15 is 0 Å². The highest BCUT2D eigenvalue weighted by Gasteiger charge is 2.17. The van der Waals surface area contributed by atoms with E-state index in [0.717, 1.165) is 38.0 Å². The molecule has 0 bridgehead atoms. The summed E-state index contributed by atoms with van der Waals surface area (Å²) in [4.78, 5) is 23.7. The number of hydrogen-bond donors (Lipinski definition) is 1. The predicted molar refractivity (Wildman–Crippen MR) is 118 cm³/mol. The molecule has 0 heterocycles. The van der Waals surface area contributed by atoms with Crippen molar-refractivity contribution in [2.45, 2.75) is 98.0 Å². The zero-order valence-corrected chi connectivity index (χ0v) is 18.8. The fraction of sp³-hybridized carbons (Fsp3) is 0.680. The summed E-state index contributed by atoms with van der Waals surface area (Å²) in [6.45, 7) is 8.96. The monoisotopic (exact) mass is 404 g/mol. The van der Waals surface area contributed by atoms with Crippen molar-refractivity contribution < 1.29 is 19.4 Å². The Labute approximate surface area is 177 Å². The van der Waals surface area contributed by atoms with Crippen LogP contribution in [0.15, 0.2) is 24.3 Å². The Bertz CT molecular complexity index is 607. The Kier molecular flexibility index (Phi) is 12.3. The molecule has 0 aliphatic carbocycles. The van der Waals surface area contributed by atoms with E-state index in [4.69, 9.17) is 9.84 Å². The number of aromatic carboxylic acids is 1. The normalized spacial score (nSPS) is 12.3. The Morgan fingerprint density at radius 1 is 0.793 bits per heavy atom. The van der Waals surface area contributed by atoms with Gasteiger partial charge >= 0.3 is 11.9 Å². The van der Waals surface area contributed by atoms with Gasteiger partial charge in [0.2, 0.25) is 0 Å². The van der Waals surface area contributed by atoms with Gasteiger partial charge in [-0.3, -0.25) is 0 Å². The molecule has 0 spiro atoms. The molecule has 164 valence electrons. The van der Waals surface area contributed by atoms with Crippen molar-refractivity contribution >= 4 is 11.9 Å². The Morgan fingerprint density at radius 3 is 1.83 bits per heavy atom. The van der Waals surface area contributed by atoms with Gasteiger partial charge in [0.15, 0.2) is 0 Å². The van der Waals surface area contributed by atoms with Crippen LogP contribution in [0.1, 0.15) is 113 Å². The lowest BCUT2D eigenvalue weighted by Crippen LogP contribution is -2.19. The standard InChI is InChI=1S/C25H40O4/c1-19(2)12-7-5-6-8-16-23(17-10-9-13-20(3)4)29-25(28)22-15-11-14-21(18-22)24(26)27/h11,14-15,18-20,23H,5-10,12-13,16-17H2,1-4H3,(H,26,27). The Hall–Kier alpha value is -1.84. The molecule has 0 amide bonds. The predicted octanol–water partition coefficient (Wildman–Crippen LogP) is 7.12. The number of hydrogen-bond acceptors (Lipinski definition) is 3. The Morgan fingerprint density at radius 2 is 1.28 bits per heavy atom. The number of benzene rings is 1. The first-order valence-corrected chi connectivity index (χ1v) is 11.3. The second kappa shape index (κ2) is 14.2. The molecule has 0 aliphatic heterocycles. The van der Waals surface area contributed by atoms with Crippen LogP contribution in [-0.2, 0) is 4.74 Å². The maximum absolute atomic E-state index is 12.6. The average molecular weight is 405 g/mol. The van der Waals surface area contributed by atoms with Crippen molar-refractivity contribution in [2.24, 2.45) is 11.8 Å². The summed E-state index contributed by atoms with van der Waals surface area (Å²) >= 11 is 0. The molecule has 1 atom stereocenters. The second-order valence-corrected chi connectivity index (χ2v) is 8.98. The fourth-order valence-electron chi connectivity index (χ4n) is 3.46. The minimum absolute atomic E-state index is 0.0896. The van der Waals surface area contributed by atoms with Crippen LogP contribution in [0.4, 0.5) is 0 Å². The summed E-state index contributed by atoms with van der Waals surface area (Å²) in [6.07, 6.45) is 11.1. The summed E-state index contributed by atoms with van der Waals surface area (Å²) in [5.41, 5.74) is 0.423. The van der Waals surface area contributed by atoms with Crippen LogP contribution in [0.5, 0.6) is 0 Å². The molecular formula is C25H40O4. The van der Waals surface area contributed by atoms with Gasteiger partial charge in [0, 0.05) is 0 Å². The summed E-state index contributed by atoms with van der Waals surface area (Å²) < 4.78 is 5.79. The molecule has 1 aromatic carbocycles. The van der Waals surface area contributed by atoms with Crippen LogP contribution in [0.25, 0.3) is 0 Å². The highest BCUT2D eigenvalue weighted by atomic mass is 16.5. The van der Waals surface area contributed by atoms with E-state index in [1.807, 2.05) is 0 Å². The first-order valence-electron chi connectivity index (χ1n) is 11.3. The van der Waals surface area contributed by atoms with Crippen LogP contribution in [-0.4, -0.2) is 23.1 Å². The molecule has 0 saturated carbocycles. The molecule has 29 heavy (non-hydrogen) atoms. The highest BCUT2D eigenvalue weighted by molar-refractivity contribution is 5.94. The van der Waals surface area contributed by atoms with Crippen molar-refractivity contribution in [2.75, 3.05) is 0 Å². The zero-order chi connectivity index (χ0) is 21.6. The van der Waals surface area contributed by atoms with Gasteiger partial charge in [-0.05, 0) is 55.7 Å². The molecule has 0 saturated heterocycles. The van der Waals surface area contributed by atoms with Crippen LogP contribution in [0, 0.1) is 11.8 Å². The van der Waals surface area contributed by atoms with Crippen LogP contribution >= 0.6 is 0 Å². The molecule has 1 rings (SSSR count). The van der Waals surface area contributed by atoms with Crippen molar-refractivity contribution in [3.8, 4) is 0 Å². The fourth-order valence-corrected chi connectivity index (χ4v) is 3.46. The molecule has 0 radical (unpaired) electrons. The van der Waals surface area contributed by atoms with E-state index in [1.165, 1.54) is 44.2 Å². The van der Waals surface area contributed by atoms with E-state index in [2.05, 4.69) is 27.7 Å². The number of carbonyl (C=O) groups excluding carboxylic acids is 1. The number of unbranched alkanes of at least 4 members (excludes halogenated alkanes) is 4. The third-order valence-electron chi connectivity index (χ3n) is 5.23. The first kappa shape index (κ1) is 25.2. The summed E-state index contributed by atoms with van der Waals surface area (Å²) in [7, 11) is 0. The second-order valence-electron chi connectivity index (χ2n) is 8.98. The van der Waals surface area contributed by atoms with Gasteiger partial charge in [-0.25, -0.2) is 9.59 Å². The molecule has 0 aliphatic rings. The number of rotatable bonds is 15. The van der Waals surface area contributed by atoms with E-state index in [0.29, 0.717) is 11.5 Å².